The van der Waals surface area contributed by atoms with E-state index in [4.69, 9.17) is 5.73 Å². The standard InChI is InChI=1S/C14H19N3/c1-10-4-5-12(8-11(10)2)13-9-16-14(6-7-15)17(13)3/h4-5,8-9H,6-7,15H2,1-3H3. The highest BCUT2D eigenvalue weighted by atomic mass is 15.1. The minimum absolute atomic E-state index is 0.636. The van der Waals surface area contributed by atoms with Crippen molar-refractivity contribution in [2.45, 2.75) is 20.3 Å². The number of benzene rings is 1. The number of hydrogen-bond donors (Lipinski definition) is 1. The highest BCUT2D eigenvalue weighted by Gasteiger charge is 2.08. The van der Waals surface area contributed by atoms with Gasteiger partial charge in [0.25, 0.3) is 0 Å². The molecule has 3 nitrogen and oxygen atoms in total. The number of nitrogens with zero attached hydrogens (tertiary/aromatic N) is 2. The van der Waals surface area contributed by atoms with Gasteiger partial charge in [0.1, 0.15) is 5.82 Å². The van der Waals surface area contributed by atoms with Crippen molar-refractivity contribution in [2.75, 3.05) is 6.54 Å². The van der Waals surface area contributed by atoms with Crippen LogP contribution in [0.4, 0.5) is 0 Å². The first-order chi connectivity index (χ1) is 8.13. The van der Waals surface area contributed by atoms with Crippen molar-refractivity contribution in [3.05, 3.63) is 41.3 Å². The molecule has 0 aliphatic carbocycles. The molecule has 1 heterocycles. The Morgan fingerprint density at radius 2 is 2.00 bits per heavy atom. The lowest BCUT2D eigenvalue weighted by Gasteiger charge is -2.07. The predicted octanol–water partition coefficient (Wildman–Crippen LogP) is 2.21. The van der Waals surface area contributed by atoms with Crippen molar-refractivity contribution in [1.29, 1.82) is 0 Å². The molecular formula is C14H19N3. The van der Waals surface area contributed by atoms with E-state index in [2.05, 4.69) is 41.6 Å². The largest absolute Gasteiger partial charge is 0.331 e. The van der Waals surface area contributed by atoms with Crippen LogP contribution in [-0.2, 0) is 13.5 Å². The Labute approximate surface area is 102 Å². The molecule has 2 rings (SSSR count). The van der Waals surface area contributed by atoms with E-state index in [-0.39, 0.29) is 0 Å². The van der Waals surface area contributed by atoms with Crippen molar-refractivity contribution in [1.82, 2.24) is 9.55 Å². The number of aromatic nitrogens is 2. The van der Waals surface area contributed by atoms with Gasteiger partial charge in [-0.1, -0.05) is 12.1 Å². The van der Waals surface area contributed by atoms with Crippen molar-refractivity contribution in [3.8, 4) is 11.3 Å². The molecule has 0 fully saturated rings. The van der Waals surface area contributed by atoms with Crippen LogP contribution in [0.5, 0.6) is 0 Å². The molecule has 17 heavy (non-hydrogen) atoms. The maximum absolute atomic E-state index is 5.57. The molecule has 0 unspecified atom stereocenters. The molecule has 0 atom stereocenters. The van der Waals surface area contributed by atoms with E-state index in [1.165, 1.54) is 16.7 Å². The summed E-state index contributed by atoms with van der Waals surface area (Å²) in [5.74, 6) is 1.04. The number of imidazole rings is 1. The fourth-order valence-corrected chi connectivity index (χ4v) is 1.98. The van der Waals surface area contributed by atoms with Crippen molar-refractivity contribution in [3.63, 3.8) is 0 Å². The van der Waals surface area contributed by atoms with Crippen LogP contribution in [0.3, 0.4) is 0 Å². The first-order valence-electron chi connectivity index (χ1n) is 5.91. The molecular weight excluding hydrogens is 210 g/mol. The topological polar surface area (TPSA) is 43.8 Å². The van der Waals surface area contributed by atoms with Crippen molar-refractivity contribution < 1.29 is 0 Å². The van der Waals surface area contributed by atoms with E-state index < -0.39 is 0 Å². The molecule has 0 radical (unpaired) electrons. The third-order valence-corrected chi connectivity index (χ3v) is 3.26. The lowest BCUT2D eigenvalue weighted by atomic mass is 10.0. The Morgan fingerprint density at radius 3 is 2.65 bits per heavy atom. The van der Waals surface area contributed by atoms with Crippen LogP contribution in [0.25, 0.3) is 11.3 Å². The monoisotopic (exact) mass is 229 g/mol. The van der Waals surface area contributed by atoms with E-state index in [1.54, 1.807) is 0 Å². The maximum Gasteiger partial charge on any atom is 0.110 e. The summed E-state index contributed by atoms with van der Waals surface area (Å²) >= 11 is 0. The molecule has 0 spiro atoms. The zero-order chi connectivity index (χ0) is 12.4. The third-order valence-electron chi connectivity index (χ3n) is 3.26. The highest BCUT2D eigenvalue weighted by Crippen LogP contribution is 2.22. The number of hydrogen-bond acceptors (Lipinski definition) is 2. The molecule has 0 saturated heterocycles. The van der Waals surface area contributed by atoms with E-state index in [9.17, 15) is 0 Å². The zero-order valence-corrected chi connectivity index (χ0v) is 10.7. The van der Waals surface area contributed by atoms with Gasteiger partial charge in [0, 0.05) is 19.0 Å². The van der Waals surface area contributed by atoms with Crippen molar-refractivity contribution in [2.24, 2.45) is 12.8 Å². The number of aryl methyl sites for hydroxylation is 2. The summed E-state index contributed by atoms with van der Waals surface area (Å²) in [5.41, 5.74) is 10.6. The molecule has 1 aromatic carbocycles. The van der Waals surface area contributed by atoms with Gasteiger partial charge in [-0.3, -0.25) is 0 Å². The summed E-state index contributed by atoms with van der Waals surface area (Å²) in [6.45, 7) is 4.90. The average molecular weight is 229 g/mol. The van der Waals surface area contributed by atoms with Gasteiger partial charge in [0.2, 0.25) is 0 Å². The minimum Gasteiger partial charge on any atom is -0.331 e. The fraction of sp³-hybridized carbons (Fsp3) is 0.357. The quantitative estimate of drug-likeness (QED) is 0.877. The normalized spacial score (nSPS) is 10.8. The SMILES string of the molecule is Cc1ccc(-c2cnc(CCN)n2C)cc1C. The van der Waals surface area contributed by atoms with Crippen LogP contribution in [0.2, 0.25) is 0 Å². The summed E-state index contributed by atoms with van der Waals surface area (Å²) < 4.78 is 2.12. The first-order valence-corrected chi connectivity index (χ1v) is 5.91. The lowest BCUT2D eigenvalue weighted by Crippen LogP contribution is -2.08. The van der Waals surface area contributed by atoms with Gasteiger partial charge in [-0.15, -0.1) is 0 Å². The third kappa shape index (κ3) is 2.24. The molecule has 0 aliphatic rings. The van der Waals surface area contributed by atoms with Crippen LogP contribution in [0.15, 0.2) is 24.4 Å². The second-order valence-corrected chi connectivity index (χ2v) is 4.46. The molecule has 1 aromatic heterocycles. The Morgan fingerprint density at radius 1 is 1.24 bits per heavy atom. The van der Waals surface area contributed by atoms with Gasteiger partial charge < -0.3 is 10.3 Å². The first kappa shape index (κ1) is 11.9. The Kier molecular flexibility index (Phi) is 3.29. The second kappa shape index (κ2) is 4.72. The Bertz CT molecular complexity index is 526. The molecule has 2 aromatic rings. The van der Waals surface area contributed by atoms with Gasteiger partial charge >= 0.3 is 0 Å². The number of nitrogens with two attached hydrogens (primary N) is 1. The van der Waals surface area contributed by atoms with Crippen LogP contribution in [0.1, 0.15) is 17.0 Å². The van der Waals surface area contributed by atoms with Crippen LogP contribution in [-0.4, -0.2) is 16.1 Å². The summed E-state index contributed by atoms with van der Waals surface area (Å²) in [7, 11) is 2.04. The van der Waals surface area contributed by atoms with E-state index in [1.807, 2.05) is 13.2 Å². The number of rotatable bonds is 3. The molecule has 3 heteroatoms. The minimum atomic E-state index is 0.636. The second-order valence-electron chi connectivity index (χ2n) is 4.46. The summed E-state index contributed by atoms with van der Waals surface area (Å²) in [6, 6.07) is 6.50. The zero-order valence-electron chi connectivity index (χ0n) is 10.7. The van der Waals surface area contributed by atoms with Gasteiger partial charge in [-0.2, -0.15) is 0 Å². The van der Waals surface area contributed by atoms with E-state index in [0.717, 1.165) is 17.9 Å². The van der Waals surface area contributed by atoms with Crippen LogP contribution < -0.4 is 5.73 Å². The van der Waals surface area contributed by atoms with Crippen LogP contribution >= 0.6 is 0 Å². The lowest BCUT2D eigenvalue weighted by molar-refractivity contribution is 0.782. The summed E-state index contributed by atoms with van der Waals surface area (Å²) in [5, 5.41) is 0. The van der Waals surface area contributed by atoms with Crippen LogP contribution in [0, 0.1) is 13.8 Å². The van der Waals surface area contributed by atoms with E-state index >= 15 is 0 Å². The molecule has 2 N–H and O–H groups in total. The smallest absolute Gasteiger partial charge is 0.110 e. The van der Waals surface area contributed by atoms with Gasteiger partial charge in [0.15, 0.2) is 0 Å². The molecule has 0 bridgehead atoms. The summed E-state index contributed by atoms with van der Waals surface area (Å²) in [4.78, 5) is 4.42. The van der Waals surface area contributed by atoms with Gasteiger partial charge in [-0.25, -0.2) is 4.98 Å². The summed E-state index contributed by atoms with van der Waals surface area (Å²) in [6.07, 6.45) is 2.75. The molecule has 90 valence electrons. The van der Waals surface area contributed by atoms with Gasteiger partial charge in [0.05, 0.1) is 11.9 Å². The van der Waals surface area contributed by atoms with E-state index in [0.29, 0.717) is 6.54 Å². The Hall–Kier alpha value is -1.61. The Balaban J connectivity index is 2.42. The highest BCUT2D eigenvalue weighted by molar-refractivity contribution is 5.61. The molecule has 0 saturated carbocycles. The van der Waals surface area contributed by atoms with Crippen molar-refractivity contribution >= 4 is 0 Å². The average Bonchev–Trinajstić information content (AvgIpc) is 2.66. The molecule has 0 aliphatic heterocycles. The predicted molar refractivity (Wildman–Crippen MR) is 70.9 cm³/mol. The molecule has 0 amide bonds. The maximum atomic E-state index is 5.57. The fourth-order valence-electron chi connectivity index (χ4n) is 1.98. The van der Waals surface area contributed by atoms with Gasteiger partial charge in [-0.05, 0) is 37.6 Å².